The lowest BCUT2D eigenvalue weighted by Gasteiger charge is -2.23. The number of ether oxygens (including phenoxy) is 1. The predicted molar refractivity (Wildman–Crippen MR) is 65.3 cm³/mol. The van der Waals surface area contributed by atoms with Gasteiger partial charge in [-0.2, -0.15) is 0 Å². The van der Waals surface area contributed by atoms with Crippen molar-refractivity contribution in [2.24, 2.45) is 0 Å². The van der Waals surface area contributed by atoms with Crippen LogP contribution in [0.2, 0.25) is 5.02 Å². The molecule has 1 amide bonds. The molecule has 1 aromatic heterocycles. The number of rotatable bonds is 2. The number of pyridine rings is 1. The van der Waals surface area contributed by atoms with Crippen LogP contribution in [0.4, 0.5) is 0 Å². The zero-order chi connectivity index (χ0) is 12.3. The monoisotopic (exact) mass is 254 g/mol. The van der Waals surface area contributed by atoms with Gasteiger partial charge in [0, 0.05) is 31.1 Å². The Morgan fingerprint density at radius 3 is 2.88 bits per heavy atom. The van der Waals surface area contributed by atoms with E-state index in [1.54, 1.807) is 6.07 Å². The minimum absolute atomic E-state index is 0.158. The minimum Gasteiger partial charge on any atom is -0.381 e. The van der Waals surface area contributed by atoms with Crippen LogP contribution in [-0.4, -0.2) is 30.1 Å². The zero-order valence-corrected chi connectivity index (χ0v) is 10.5. The Balaban J connectivity index is 2.03. The van der Waals surface area contributed by atoms with Gasteiger partial charge in [-0.25, -0.2) is 0 Å². The molecule has 1 aliphatic heterocycles. The van der Waals surface area contributed by atoms with E-state index in [-0.39, 0.29) is 11.9 Å². The third kappa shape index (κ3) is 3.17. The maximum Gasteiger partial charge on any atom is 0.254 e. The van der Waals surface area contributed by atoms with Gasteiger partial charge < -0.3 is 10.1 Å². The van der Waals surface area contributed by atoms with E-state index >= 15 is 0 Å². The molecule has 0 saturated carbocycles. The fourth-order valence-electron chi connectivity index (χ4n) is 1.80. The summed E-state index contributed by atoms with van der Waals surface area (Å²) >= 11 is 6.02. The normalized spacial score (nSPS) is 16.8. The van der Waals surface area contributed by atoms with Crippen LogP contribution in [0.25, 0.3) is 0 Å². The van der Waals surface area contributed by atoms with E-state index in [9.17, 15) is 4.79 Å². The lowest BCUT2D eigenvalue weighted by atomic mass is 10.1. The number of aryl methyl sites for hydroxylation is 1. The molecule has 1 aliphatic rings. The van der Waals surface area contributed by atoms with Crippen LogP contribution in [0.5, 0.6) is 0 Å². The van der Waals surface area contributed by atoms with Gasteiger partial charge >= 0.3 is 0 Å². The van der Waals surface area contributed by atoms with Crippen molar-refractivity contribution in [2.75, 3.05) is 13.2 Å². The Morgan fingerprint density at radius 1 is 1.53 bits per heavy atom. The van der Waals surface area contributed by atoms with E-state index in [1.807, 2.05) is 6.92 Å². The fourth-order valence-corrected chi connectivity index (χ4v) is 2.09. The molecule has 2 rings (SSSR count). The van der Waals surface area contributed by atoms with Crippen LogP contribution >= 0.6 is 11.6 Å². The number of halogens is 1. The Morgan fingerprint density at radius 2 is 2.24 bits per heavy atom. The van der Waals surface area contributed by atoms with Crippen molar-refractivity contribution in [3.63, 3.8) is 0 Å². The van der Waals surface area contributed by atoms with Gasteiger partial charge in [0.15, 0.2) is 0 Å². The average molecular weight is 255 g/mol. The second kappa shape index (κ2) is 5.47. The third-order valence-corrected chi connectivity index (χ3v) is 3.10. The maximum absolute atomic E-state index is 12.0. The van der Waals surface area contributed by atoms with Crippen molar-refractivity contribution in [3.8, 4) is 0 Å². The first kappa shape index (κ1) is 12.3. The summed E-state index contributed by atoms with van der Waals surface area (Å²) in [4.78, 5) is 16.1. The lowest BCUT2D eigenvalue weighted by molar-refractivity contribution is 0.0696. The summed E-state index contributed by atoms with van der Waals surface area (Å²) in [5.41, 5.74) is 1.24. The highest BCUT2D eigenvalue weighted by atomic mass is 35.5. The standard InChI is InChI=1S/C12H15ClN2O2/c1-8-6-11(13)10(7-14-8)12(16)15-9-2-4-17-5-3-9/h6-7,9H,2-5H2,1H3,(H,15,16). The molecule has 0 bridgehead atoms. The number of hydrogen-bond acceptors (Lipinski definition) is 3. The Labute approximate surface area is 105 Å². The molecule has 4 nitrogen and oxygen atoms in total. The van der Waals surface area contributed by atoms with Crippen LogP contribution < -0.4 is 5.32 Å². The number of amides is 1. The number of nitrogens with zero attached hydrogens (tertiary/aromatic N) is 1. The summed E-state index contributed by atoms with van der Waals surface area (Å²) in [6.07, 6.45) is 3.22. The molecule has 0 atom stereocenters. The van der Waals surface area contributed by atoms with Crippen LogP contribution in [0, 0.1) is 6.92 Å². The molecule has 1 saturated heterocycles. The summed E-state index contributed by atoms with van der Waals surface area (Å²) in [5, 5.41) is 3.40. The van der Waals surface area contributed by atoms with Gasteiger partial charge in [-0.3, -0.25) is 9.78 Å². The molecular formula is C12H15ClN2O2. The summed E-state index contributed by atoms with van der Waals surface area (Å²) < 4.78 is 5.24. The molecule has 0 spiro atoms. The summed E-state index contributed by atoms with van der Waals surface area (Å²) in [5.74, 6) is -0.158. The topological polar surface area (TPSA) is 51.2 Å². The van der Waals surface area contributed by atoms with Crippen molar-refractivity contribution in [1.29, 1.82) is 0 Å². The Bertz CT molecular complexity index is 417. The van der Waals surface area contributed by atoms with Crippen molar-refractivity contribution < 1.29 is 9.53 Å². The molecule has 0 aliphatic carbocycles. The number of nitrogens with one attached hydrogen (secondary N) is 1. The Kier molecular flexibility index (Phi) is 3.97. The van der Waals surface area contributed by atoms with Crippen molar-refractivity contribution in [3.05, 3.63) is 28.5 Å². The van der Waals surface area contributed by atoms with Crippen molar-refractivity contribution in [1.82, 2.24) is 10.3 Å². The van der Waals surface area contributed by atoms with Gasteiger partial charge in [0.1, 0.15) is 0 Å². The van der Waals surface area contributed by atoms with Crippen molar-refractivity contribution >= 4 is 17.5 Å². The molecule has 0 unspecified atom stereocenters. The second-order valence-electron chi connectivity index (χ2n) is 4.17. The largest absolute Gasteiger partial charge is 0.381 e. The highest BCUT2D eigenvalue weighted by Crippen LogP contribution is 2.16. The predicted octanol–water partition coefficient (Wildman–Crippen LogP) is 1.95. The van der Waals surface area contributed by atoms with Crippen LogP contribution in [0.1, 0.15) is 28.9 Å². The van der Waals surface area contributed by atoms with Gasteiger partial charge in [-0.1, -0.05) is 11.6 Å². The number of aromatic nitrogens is 1. The first-order chi connectivity index (χ1) is 8.16. The third-order valence-electron chi connectivity index (χ3n) is 2.79. The van der Waals surface area contributed by atoms with E-state index in [1.165, 1.54) is 6.20 Å². The molecule has 0 radical (unpaired) electrons. The first-order valence-electron chi connectivity index (χ1n) is 5.67. The van der Waals surface area contributed by atoms with Gasteiger partial charge in [-0.15, -0.1) is 0 Å². The molecule has 5 heteroatoms. The quantitative estimate of drug-likeness (QED) is 0.878. The van der Waals surface area contributed by atoms with Gasteiger partial charge in [0.2, 0.25) is 0 Å². The average Bonchev–Trinajstić information content (AvgIpc) is 2.30. The van der Waals surface area contributed by atoms with Gasteiger partial charge in [0.05, 0.1) is 10.6 Å². The molecule has 1 fully saturated rings. The molecule has 1 aromatic rings. The summed E-state index contributed by atoms with van der Waals surface area (Å²) in [7, 11) is 0. The smallest absolute Gasteiger partial charge is 0.254 e. The molecule has 0 aromatic carbocycles. The molecule has 2 heterocycles. The zero-order valence-electron chi connectivity index (χ0n) is 9.70. The number of carbonyl (C=O) groups is 1. The highest BCUT2D eigenvalue weighted by Gasteiger charge is 2.18. The molecule has 17 heavy (non-hydrogen) atoms. The van der Waals surface area contributed by atoms with Crippen molar-refractivity contribution in [2.45, 2.75) is 25.8 Å². The van der Waals surface area contributed by atoms with E-state index < -0.39 is 0 Å². The van der Waals surface area contributed by atoms with Crippen LogP contribution in [0.15, 0.2) is 12.3 Å². The van der Waals surface area contributed by atoms with E-state index in [0.29, 0.717) is 23.8 Å². The summed E-state index contributed by atoms with van der Waals surface area (Å²) in [6.45, 7) is 3.24. The number of hydrogen-bond donors (Lipinski definition) is 1. The minimum atomic E-state index is -0.158. The Hall–Kier alpha value is -1.13. The SMILES string of the molecule is Cc1cc(Cl)c(C(=O)NC2CCOCC2)cn1. The van der Waals surface area contributed by atoms with E-state index in [0.717, 1.165) is 18.5 Å². The number of carbonyl (C=O) groups excluding carboxylic acids is 1. The van der Waals surface area contributed by atoms with E-state index in [4.69, 9.17) is 16.3 Å². The van der Waals surface area contributed by atoms with Crippen LogP contribution in [0.3, 0.4) is 0 Å². The first-order valence-corrected chi connectivity index (χ1v) is 6.05. The highest BCUT2D eigenvalue weighted by molar-refractivity contribution is 6.33. The molecule has 92 valence electrons. The van der Waals surface area contributed by atoms with Gasteiger partial charge in [0.25, 0.3) is 5.91 Å². The van der Waals surface area contributed by atoms with E-state index in [2.05, 4.69) is 10.3 Å². The van der Waals surface area contributed by atoms with Crippen LogP contribution in [-0.2, 0) is 4.74 Å². The second-order valence-corrected chi connectivity index (χ2v) is 4.57. The lowest BCUT2D eigenvalue weighted by Crippen LogP contribution is -2.39. The maximum atomic E-state index is 12.0. The van der Waals surface area contributed by atoms with Gasteiger partial charge in [-0.05, 0) is 25.8 Å². The molecular weight excluding hydrogens is 240 g/mol. The fraction of sp³-hybridized carbons (Fsp3) is 0.500. The summed E-state index contributed by atoms with van der Waals surface area (Å²) in [6, 6.07) is 1.87. The molecule has 1 N–H and O–H groups in total.